The Balaban J connectivity index is 1.76. The fourth-order valence-electron chi connectivity index (χ4n) is 2.70. The number of aromatic nitrogens is 2. The Morgan fingerprint density at radius 1 is 1.38 bits per heavy atom. The van der Waals surface area contributed by atoms with Crippen molar-refractivity contribution in [1.82, 2.24) is 20.4 Å². The summed E-state index contributed by atoms with van der Waals surface area (Å²) in [5.74, 6) is 1.35. The Morgan fingerprint density at radius 2 is 2.24 bits per heavy atom. The Morgan fingerprint density at radius 3 is 3.00 bits per heavy atom. The minimum absolute atomic E-state index is 0.113. The molecule has 2 heterocycles. The summed E-state index contributed by atoms with van der Waals surface area (Å²) in [5, 5.41) is 7.56. The molecule has 2 aromatic rings. The van der Waals surface area contributed by atoms with E-state index in [-0.39, 0.29) is 5.54 Å². The normalized spacial score (nSPS) is 18.8. The Hall–Kier alpha value is -1.72. The molecule has 1 aliphatic heterocycles. The third-order valence-electron chi connectivity index (χ3n) is 4.04. The van der Waals surface area contributed by atoms with Crippen molar-refractivity contribution in [1.29, 1.82) is 0 Å². The first-order valence-corrected chi connectivity index (χ1v) is 7.40. The highest BCUT2D eigenvalue weighted by Crippen LogP contribution is 2.21. The number of rotatable bonds is 3. The fraction of sp³-hybridized carbons (Fsp3) is 0.500. The van der Waals surface area contributed by atoms with E-state index in [0.29, 0.717) is 5.89 Å². The lowest BCUT2D eigenvalue weighted by Gasteiger charge is -2.42. The largest absolute Gasteiger partial charge is 0.334 e. The van der Waals surface area contributed by atoms with Crippen LogP contribution in [0.25, 0.3) is 11.5 Å². The number of hydrogen-bond acceptors (Lipinski definition) is 5. The van der Waals surface area contributed by atoms with Crippen LogP contribution < -0.4 is 5.32 Å². The first-order valence-electron chi connectivity index (χ1n) is 7.40. The number of piperazine rings is 1. The number of aryl methyl sites for hydroxylation is 1. The first kappa shape index (κ1) is 14.2. The van der Waals surface area contributed by atoms with E-state index in [4.69, 9.17) is 4.52 Å². The van der Waals surface area contributed by atoms with E-state index < -0.39 is 0 Å². The van der Waals surface area contributed by atoms with Gasteiger partial charge in [0.1, 0.15) is 0 Å². The van der Waals surface area contributed by atoms with Crippen molar-refractivity contribution in [2.45, 2.75) is 32.9 Å². The second kappa shape index (κ2) is 5.58. The van der Waals surface area contributed by atoms with Gasteiger partial charge in [-0.15, -0.1) is 0 Å². The van der Waals surface area contributed by atoms with Crippen LogP contribution in [-0.4, -0.2) is 40.2 Å². The van der Waals surface area contributed by atoms with Gasteiger partial charge in [0.05, 0.1) is 6.54 Å². The standard InChI is InChI=1S/C16H22N4O/c1-12-5-4-6-13(9-12)15-18-14(19-21-15)10-20-8-7-17-11-16(20,2)3/h4-6,9,17H,7-8,10-11H2,1-3H3. The van der Waals surface area contributed by atoms with Gasteiger partial charge >= 0.3 is 0 Å². The van der Waals surface area contributed by atoms with Gasteiger partial charge in [0, 0.05) is 30.7 Å². The van der Waals surface area contributed by atoms with Crippen LogP contribution in [-0.2, 0) is 6.54 Å². The monoisotopic (exact) mass is 286 g/mol. The molecule has 0 aliphatic carbocycles. The van der Waals surface area contributed by atoms with Gasteiger partial charge in [0.25, 0.3) is 5.89 Å². The zero-order valence-corrected chi connectivity index (χ0v) is 12.9. The molecule has 0 spiro atoms. The second-order valence-electron chi connectivity index (χ2n) is 6.30. The molecule has 0 saturated carbocycles. The van der Waals surface area contributed by atoms with Gasteiger partial charge in [-0.05, 0) is 32.9 Å². The first-order chi connectivity index (χ1) is 10.0. The molecule has 1 aromatic heterocycles. The minimum Gasteiger partial charge on any atom is -0.334 e. The molecule has 0 atom stereocenters. The Bertz CT molecular complexity index is 620. The number of nitrogens with one attached hydrogen (secondary N) is 1. The van der Waals surface area contributed by atoms with Gasteiger partial charge in [-0.25, -0.2) is 0 Å². The quantitative estimate of drug-likeness (QED) is 0.937. The molecule has 5 nitrogen and oxygen atoms in total. The van der Waals surface area contributed by atoms with E-state index in [1.807, 2.05) is 12.1 Å². The van der Waals surface area contributed by atoms with Gasteiger partial charge < -0.3 is 9.84 Å². The van der Waals surface area contributed by atoms with Crippen molar-refractivity contribution < 1.29 is 4.52 Å². The molecule has 1 N–H and O–H groups in total. The Labute approximate surface area is 125 Å². The van der Waals surface area contributed by atoms with Gasteiger partial charge in [0.15, 0.2) is 5.82 Å². The zero-order chi connectivity index (χ0) is 14.9. The summed E-state index contributed by atoms with van der Waals surface area (Å²) >= 11 is 0. The van der Waals surface area contributed by atoms with Crippen molar-refractivity contribution in [3.63, 3.8) is 0 Å². The molecule has 0 amide bonds. The number of nitrogens with zero attached hydrogens (tertiary/aromatic N) is 3. The maximum atomic E-state index is 5.41. The molecule has 5 heteroatoms. The van der Waals surface area contributed by atoms with Crippen LogP contribution in [0.5, 0.6) is 0 Å². The van der Waals surface area contributed by atoms with Crippen LogP contribution in [0.3, 0.4) is 0 Å². The Kier molecular flexibility index (Phi) is 3.78. The highest BCUT2D eigenvalue weighted by Gasteiger charge is 2.30. The molecule has 1 aliphatic rings. The summed E-state index contributed by atoms with van der Waals surface area (Å²) < 4.78 is 5.41. The maximum absolute atomic E-state index is 5.41. The van der Waals surface area contributed by atoms with Crippen LogP contribution in [0, 0.1) is 6.92 Å². The number of benzene rings is 1. The lowest BCUT2D eigenvalue weighted by Crippen LogP contribution is -2.57. The van der Waals surface area contributed by atoms with Gasteiger partial charge in [-0.2, -0.15) is 4.98 Å². The maximum Gasteiger partial charge on any atom is 0.257 e. The van der Waals surface area contributed by atoms with E-state index >= 15 is 0 Å². The topological polar surface area (TPSA) is 54.2 Å². The summed E-state index contributed by atoms with van der Waals surface area (Å²) in [6.45, 7) is 10.2. The van der Waals surface area contributed by atoms with Gasteiger partial charge in [0.2, 0.25) is 0 Å². The van der Waals surface area contributed by atoms with Crippen LogP contribution in [0.2, 0.25) is 0 Å². The van der Waals surface area contributed by atoms with Crippen molar-refractivity contribution in [2.75, 3.05) is 19.6 Å². The molecular weight excluding hydrogens is 264 g/mol. The smallest absolute Gasteiger partial charge is 0.257 e. The molecule has 3 rings (SSSR count). The van der Waals surface area contributed by atoms with Crippen LogP contribution in [0.15, 0.2) is 28.8 Å². The lowest BCUT2D eigenvalue weighted by atomic mass is 10.0. The molecule has 21 heavy (non-hydrogen) atoms. The van der Waals surface area contributed by atoms with E-state index in [0.717, 1.165) is 37.6 Å². The van der Waals surface area contributed by atoms with E-state index in [1.165, 1.54) is 5.56 Å². The molecule has 1 fully saturated rings. The average molecular weight is 286 g/mol. The van der Waals surface area contributed by atoms with Crippen molar-refractivity contribution in [3.8, 4) is 11.5 Å². The van der Waals surface area contributed by atoms with Crippen LogP contribution in [0.4, 0.5) is 0 Å². The van der Waals surface area contributed by atoms with Crippen LogP contribution >= 0.6 is 0 Å². The predicted octanol–water partition coefficient (Wildman–Crippen LogP) is 2.23. The zero-order valence-electron chi connectivity index (χ0n) is 12.9. The summed E-state index contributed by atoms with van der Waals surface area (Å²) in [6, 6.07) is 8.13. The molecule has 112 valence electrons. The molecular formula is C16H22N4O. The summed E-state index contributed by atoms with van der Waals surface area (Å²) in [7, 11) is 0. The third kappa shape index (κ3) is 3.14. The molecule has 0 unspecified atom stereocenters. The average Bonchev–Trinajstić information content (AvgIpc) is 2.90. The highest BCUT2D eigenvalue weighted by molar-refractivity contribution is 5.53. The fourth-order valence-corrected chi connectivity index (χ4v) is 2.70. The van der Waals surface area contributed by atoms with Crippen molar-refractivity contribution in [2.24, 2.45) is 0 Å². The van der Waals surface area contributed by atoms with E-state index in [2.05, 4.69) is 53.3 Å². The summed E-state index contributed by atoms with van der Waals surface area (Å²) in [4.78, 5) is 6.94. The van der Waals surface area contributed by atoms with E-state index in [1.54, 1.807) is 0 Å². The third-order valence-corrected chi connectivity index (χ3v) is 4.04. The highest BCUT2D eigenvalue weighted by atomic mass is 16.5. The van der Waals surface area contributed by atoms with Crippen molar-refractivity contribution >= 4 is 0 Å². The second-order valence-corrected chi connectivity index (χ2v) is 6.30. The van der Waals surface area contributed by atoms with Crippen molar-refractivity contribution in [3.05, 3.63) is 35.7 Å². The predicted molar refractivity (Wildman–Crippen MR) is 81.8 cm³/mol. The summed E-state index contributed by atoms with van der Waals surface area (Å²) in [5.41, 5.74) is 2.28. The molecule has 0 bridgehead atoms. The molecule has 1 aromatic carbocycles. The SMILES string of the molecule is Cc1cccc(-c2nc(CN3CCNCC3(C)C)no2)c1. The van der Waals surface area contributed by atoms with E-state index in [9.17, 15) is 0 Å². The molecule has 0 radical (unpaired) electrons. The minimum atomic E-state index is 0.113. The summed E-state index contributed by atoms with van der Waals surface area (Å²) in [6.07, 6.45) is 0. The van der Waals surface area contributed by atoms with Gasteiger partial charge in [-0.1, -0.05) is 22.9 Å². The van der Waals surface area contributed by atoms with Crippen LogP contribution in [0.1, 0.15) is 25.2 Å². The number of hydrogen-bond donors (Lipinski definition) is 1. The lowest BCUT2D eigenvalue weighted by molar-refractivity contribution is 0.0791. The van der Waals surface area contributed by atoms with Gasteiger partial charge in [-0.3, -0.25) is 4.90 Å². The molecule has 1 saturated heterocycles.